The lowest BCUT2D eigenvalue weighted by atomic mass is 10.1. The number of aromatic nitrogens is 3. The van der Waals surface area contributed by atoms with E-state index in [2.05, 4.69) is 10.1 Å². The van der Waals surface area contributed by atoms with Crippen molar-refractivity contribution in [1.82, 2.24) is 14.8 Å². The maximum Gasteiger partial charge on any atom is 0.419 e. The molecule has 0 aromatic carbocycles. The van der Waals surface area contributed by atoms with Gasteiger partial charge in [-0.3, -0.25) is 0 Å². The molecule has 7 heteroatoms. The van der Waals surface area contributed by atoms with Gasteiger partial charge in [0.15, 0.2) is 5.82 Å². The van der Waals surface area contributed by atoms with E-state index >= 15 is 0 Å². The van der Waals surface area contributed by atoms with Gasteiger partial charge in [0.25, 0.3) is 0 Å². The first-order valence-electron chi connectivity index (χ1n) is 5.63. The Balaban J connectivity index is 2.40. The fourth-order valence-electron chi connectivity index (χ4n) is 1.66. The van der Waals surface area contributed by atoms with Crippen molar-refractivity contribution in [2.75, 3.05) is 0 Å². The van der Waals surface area contributed by atoms with Crippen molar-refractivity contribution in [1.29, 1.82) is 0 Å². The largest absolute Gasteiger partial charge is 0.419 e. The van der Waals surface area contributed by atoms with Crippen LogP contribution in [-0.4, -0.2) is 14.8 Å². The molecule has 0 saturated carbocycles. The van der Waals surface area contributed by atoms with Crippen LogP contribution in [0.3, 0.4) is 0 Å². The van der Waals surface area contributed by atoms with Crippen molar-refractivity contribution in [3.05, 3.63) is 41.3 Å². The number of pyridine rings is 1. The number of hydrogen-bond acceptors (Lipinski definition) is 3. The lowest BCUT2D eigenvalue weighted by Crippen LogP contribution is -2.08. The fraction of sp³-hybridized carbons (Fsp3) is 0.333. The minimum atomic E-state index is -4.40. The highest BCUT2D eigenvalue weighted by atomic mass is 19.4. The lowest BCUT2D eigenvalue weighted by molar-refractivity contribution is -0.137. The van der Waals surface area contributed by atoms with Gasteiger partial charge in [-0.05, 0) is 31.0 Å². The van der Waals surface area contributed by atoms with Crippen LogP contribution in [0.5, 0.6) is 0 Å². The summed E-state index contributed by atoms with van der Waals surface area (Å²) in [5.74, 6) is 0.361. The summed E-state index contributed by atoms with van der Waals surface area (Å²) < 4.78 is 38.6. The summed E-state index contributed by atoms with van der Waals surface area (Å²) in [4.78, 5) is 4.12. The molecule has 0 fully saturated rings. The molecule has 19 heavy (non-hydrogen) atoms. The number of hydrogen-bond donors (Lipinski definition) is 1. The highest BCUT2D eigenvalue weighted by molar-refractivity contribution is 5.36. The smallest absolute Gasteiger partial charge is 0.324 e. The maximum atomic E-state index is 12.5. The first-order valence-corrected chi connectivity index (χ1v) is 5.63. The van der Waals surface area contributed by atoms with E-state index in [0.717, 1.165) is 22.6 Å². The Labute approximate surface area is 108 Å². The van der Waals surface area contributed by atoms with Gasteiger partial charge in [-0.15, -0.1) is 0 Å². The third-order valence-electron chi connectivity index (χ3n) is 2.72. The second-order valence-electron chi connectivity index (χ2n) is 4.37. The molecule has 2 aromatic rings. The second kappa shape index (κ2) is 4.65. The minimum absolute atomic E-state index is 0.177. The van der Waals surface area contributed by atoms with Gasteiger partial charge in [-0.2, -0.15) is 18.3 Å². The molecule has 2 aromatic heterocycles. The Morgan fingerprint density at radius 3 is 2.47 bits per heavy atom. The third kappa shape index (κ3) is 2.76. The predicted molar refractivity (Wildman–Crippen MR) is 63.7 cm³/mol. The zero-order valence-corrected chi connectivity index (χ0v) is 10.4. The summed E-state index contributed by atoms with van der Waals surface area (Å²) in [5, 5.41) is 3.69. The van der Waals surface area contributed by atoms with Gasteiger partial charge in [-0.1, -0.05) is 0 Å². The Morgan fingerprint density at radius 2 is 2.00 bits per heavy atom. The molecule has 0 aliphatic heterocycles. The van der Waals surface area contributed by atoms with E-state index in [0.29, 0.717) is 11.4 Å². The number of nitrogens with zero attached hydrogens (tertiary/aromatic N) is 3. The first kappa shape index (κ1) is 13.5. The Bertz CT molecular complexity index is 587. The zero-order valence-electron chi connectivity index (χ0n) is 10.4. The maximum absolute atomic E-state index is 12.5. The fourth-order valence-corrected chi connectivity index (χ4v) is 1.66. The van der Waals surface area contributed by atoms with Crippen LogP contribution in [0, 0.1) is 6.92 Å². The van der Waals surface area contributed by atoms with Crippen LogP contribution < -0.4 is 5.73 Å². The van der Waals surface area contributed by atoms with Crippen LogP contribution in [0.25, 0.3) is 5.82 Å². The van der Waals surface area contributed by atoms with Crippen LogP contribution >= 0.6 is 0 Å². The molecule has 4 nitrogen and oxygen atoms in total. The highest BCUT2D eigenvalue weighted by Crippen LogP contribution is 2.29. The molecule has 0 radical (unpaired) electrons. The summed E-state index contributed by atoms with van der Waals surface area (Å²) in [6.07, 6.45) is -1.17. The number of rotatable bonds is 2. The van der Waals surface area contributed by atoms with E-state index in [1.165, 1.54) is 0 Å². The van der Waals surface area contributed by atoms with Crippen LogP contribution in [0.2, 0.25) is 0 Å². The van der Waals surface area contributed by atoms with Crippen molar-refractivity contribution >= 4 is 0 Å². The van der Waals surface area contributed by atoms with E-state index in [-0.39, 0.29) is 6.04 Å². The van der Waals surface area contributed by atoms with Crippen molar-refractivity contribution in [3.63, 3.8) is 0 Å². The standard InChI is InChI=1S/C12H13F3N4/c1-7-3-9(8(2)16)4-17-11(7)19-6-10(5-18-19)12(13,14)15/h3-6,8H,16H2,1-2H3. The average molecular weight is 270 g/mol. The topological polar surface area (TPSA) is 56.7 Å². The molecular weight excluding hydrogens is 257 g/mol. The third-order valence-corrected chi connectivity index (χ3v) is 2.72. The molecule has 1 unspecified atom stereocenters. The van der Waals surface area contributed by atoms with E-state index in [9.17, 15) is 13.2 Å². The SMILES string of the molecule is Cc1cc(C(C)N)cnc1-n1cc(C(F)(F)F)cn1. The Hall–Kier alpha value is -1.89. The van der Waals surface area contributed by atoms with E-state index in [1.807, 2.05) is 6.92 Å². The van der Waals surface area contributed by atoms with Crippen molar-refractivity contribution in [3.8, 4) is 5.82 Å². The number of halogens is 3. The molecule has 0 aliphatic carbocycles. The summed E-state index contributed by atoms with van der Waals surface area (Å²) in [6, 6.07) is 1.62. The van der Waals surface area contributed by atoms with Crippen LogP contribution in [0.1, 0.15) is 29.7 Å². The van der Waals surface area contributed by atoms with E-state index < -0.39 is 11.7 Å². The molecular formula is C12H13F3N4. The minimum Gasteiger partial charge on any atom is -0.324 e. The summed E-state index contributed by atoms with van der Waals surface area (Å²) in [5.41, 5.74) is 6.46. The molecule has 102 valence electrons. The zero-order chi connectivity index (χ0) is 14.2. The lowest BCUT2D eigenvalue weighted by Gasteiger charge is -2.09. The normalized spacial score (nSPS) is 13.6. The molecule has 0 bridgehead atoms. The van der Waals surface area contributed by atoms with Crippen LogP contribution in [0.4, 0.5) is 13.2 Å². The van der Waals surface area contributed by atoms with Crippen molar-refractivity contribution in [2.24, 2.45) is 5.73 Å². The summed E-state index contributed by atoms with van der Waals surface area (Å²) in [7, 11) is 0. The quantitative estimate of drug-likeness (QED) is 0.912. The number of alkyl halides is 3. The molecule has 2 heterocycles. The van der Waals surface area contributed by atoms with Gasteiger partial charge in [-0.25, -0.2) is 9.67 Å². The molecule has 2 N–H and O–H groups in total. The molecule has 1 atom stereocenters. The van der Waals surface area contributed by atoms with Crippen LogP contribution in [0.15, 0.2) is 24.7 Å². The van der Waals surface area contributed by atoms with Gasteiger partial charge < -0.3 is 5.73 Å². The van der Waals surface area contributed by atoms with E-state index in [1.54, 1.807) is 19.2 Å². The molecule has 0 spiro atoms. The van der Waals surface area contributed by atoms with Gasteiger partial charge >= 0.3 is 6.18 Å². The molecule has 2 rings (SSSR count). The number of aryl methyl sites for hydroxylation is 1. The van der Waals surface area contributed by atoms with Crippen molar-refractivity contribution < 1.29 is 13.2 Å². The average Bonchev–Trinajstić information content (AvgIpc) is 2.77. The number of nitrogens with two attached hydrogens (primary N) is 1. The predicted octanol–water partition coefficient (Wildman–Crippen LogP) is 2.61. The monoisotopic (exact) mass is 270 g/mol. The van der Waals surface area contributed by atoms with Gasteiger partial charge in [0, 0.05) is 18.4 Å². The molecule has 0 saturated heterocycles. The van der Waals surface area contributed by atoms with Gasteiger partial charge in [0.05, 0.1) is 11.8 Å². The first-order chi connectivity index (χ1) is 8.79. The highest BCUT2D eigenvalue weighted by Gasteiger charge is 2.32. The Morgan fingerprint density at radius 1 is 1.32 bits per heavy atom. The van der Waals surface area contributed by atoms with Gasteiger partial charge in [0.2, 0.25) is 0 Å². The Kier molecular flexibility index (Phi) is 3.32. The molecule has 0 aliphatic rings. The summed E-state index contributed by atoms with van der Waals surface area (Å²) >= 11 is 0. The van der Waals surface area contributed by atoms with E-state index in [4.69, 9.17) is 5.73 Å². The van der Waals surface area contributed by atoms with Crippen molar-refractivity contribution in [2.45, 2.75) is 26.1 Å². The summed E-state index contributed by atoms with van der Waals surface area (Å²) in [6.45, 7) is 3.56. The van der Waals surface area contributed by atoms with Gasteiger partial charge in [0.1, 0.15) is 0 Å². The second-order valence-corrected chi connectivity index (χ2v) is 4.37. The van der Waals surface area contributed by atoms with Crippen LogP contribution in [-0.2, 0) is 6.18 Å². The molecule has 0 amide bonds.